The molecular formula is C11H16N2O3S. The molecule has 1 heterocycles. The van der Waals surface area contributed by atoms with Crippen molar-refractivity contribution in [3.05, 3.63) is 22.4 Å². The van der Waals surface area contributed by atoms with Gasteiger partial charge in [0.05, 0.1) is 5.92 Å². The fraction of sp³-hybridized carbons (Fsp3) is 0.455. The maximum absolute atomic E-state index is 11.7. The molecule has 1 aromatic heterocycles. The third kappa shape index (κ3) is 3.83. The van der Waals surface area contributed by atoms with Gasteiger partial charge in [0.25, 0.3) is 0 Å². The summed E-state index contributed by atoms with van der Waals surface area (Å²) >= 11 is 1.40. The first-order valence-corrected chi connectivity index (χ1v) is 6.23. The molecule has 0 spiro atoms. The van der Waals surface area contributed by atoms with Crippen molar-refractivity contribution >= 4 is 23.2 Å². The van der Waals surface area contributed by atoms with Gasteiger partial charge < -0.3 is 16.2 Å². The zero-order valence-corrected chi connectivity index (χ0v) is 10.4. The molecule has 0 aromatic carbocycles. The Morgan fingerprint density at radius 3 is 2.76 bits per heavy atom. The Hall–Kier alpha value is -1.40. The number of amides is 1. The van der Waals surface area contributed by atoms with Gasteiger partial charge in [-0.1, -0.05) is 13.0 Å². The lowest BCUT2D eigenvalue weighted by molar-refractivity contribution is -0.141. The van der Waals surface area contributed by atoms with Gasteiger partial charge in [-0.25, -0.2) is 0 Å². The van der Waals surface area contributed by atoms with Gasteiger partial charge in [0.2, 0.25) is 5.91 Å². The predicted molar refractivity (Wildman–Crippen MR) is 65.7 cm³/mol. The van der Waals surface area contributed by atoms with Crippen LogP contribution in [0.5, 0.6) is 0 Å². The maximum atomic E-state index is 11.7. The Bertz CT molecular complexity index is 378. The molecule has 0 aliphatic heterocycles. The average Bonchev–Trinajstić information content (AvgIpc) is 2.81. The smallest absolute Gasteiger partial charge is 0.308 e. The molecule has 0 aliphatic carbocycles. The summed E-state index contributed by atoms with van der Waals surface area (Å²) < 4.78 is 0. The van der Waals surface area contributed by atoms with Gasteiger partial charge in [-0.15, -0.1) is 11.3 Å². The fourth-order valence-electron chi connectivity index (χ4n) is 1.34. The summed E-state index contributed by atoms with van der Waals surface area (Å²) in [7, 11) is 0. The molecule has 0 aliphatic rings. The molecule has 0 bridgehead atoms. The number of carbonyl (C=O) groups excluding carboxylic acids is 1. The topological polar surface area (TPSA) is 92.4 Å². The lowest BCUT2D eigenvalue weighted by Gasteiger charge is -2.14. The number of rotatable bonds is 6. The molecule has 0 radical (unpaired) electrons. The van der Waals surface area contributed by atoms with E-state index in [2.05, 4.69) is 5.32 Å². The van der Waals surface area contributed by atoms with Crippen molar-refractivity contribution in [2.75, 3.05) is 6.54 Å². The van der Waals surface area contributed by atoms with Gasteiger partial charge >= 0.3 is 5.97 Å². The predicted octanol–water partition coefficient (Wildman–Crippen LogP) is 0.975. The first-order chi connectivity index (χ1) is 8.06. The summed E-state index contributed by atoms with van der Waals surface area (Å²) in [4.78, 5) is 23.2. The molecule has 2 unspecified atom stereocenters. The molecule has 0 saturated heterocycles. The van der Waals surface area contributed by atoms with E-state index in [0.29, 0.717) is 6.42 Å². The van der Waals surface area contributed by atoms with Crippen LogP contribution in [0.25, 0.3) is 0 Å². The van der Waals surface area contributed by atoms with Crippen molar-refractivity contribution in [2.24, 2.45) is 11.7 Å². The summed E-state index contributed by atoms with van der Waals surface area (Å²) in [5.74, 6) is -1.81. The van der Waals surface area contributed by atoms with Crippen LogP contribution in [0.3, 0.4) is 0 Å². The number of carboxylic acid groups (broad SMARTS) is 1. The number of nitrogens with two attached hydrogens (primary N) is 1. The van der Waals surface area contributed by atoms with Gasteiger partial charge in [0.1, 0.15) is 6.04 Å². The molecule has 5 nitrogen and oxygen atoms in total. The van der Waals surface area contributed by atoms with Gasteiger partial charge in [-0.05, 0) is 17.9 Å². The summed E-state index contributed by atoms with van der Waals surface area (Å²) in [6.45, 7) is 1.88. The van der Waals surface area contributed by atoms with Crippen molar-refractivity contribution in [3.8, 4) is 0 Å². The second-order valence-corrected chi connectivity index (χ2v) is 4.66. The zero-order chi connectivity index (χ0) is 12.8. The molecule has 4 N–H and O–H groups in total. The van der Waals surface area contributed by atoms with Crippen LogP contribution in [0.2, 0.25) is 0 Å². The Labute approximate surface area is 104 Å². The van der Waals surface area contributed by atoms with E-state index in [9.17, 15) is 9.59 Å². The normalized spacial score (nSPS) is 14.0. The lowest BCUT2D eigenvalue weighted by atomic mass is 10.1. The van der Waals surface area contributed by atoms with Crippen LogP contribution >= 0.6 is 11.3 Å². The monoisotopic (exact) mass is 256 g/mol. The molecular weight excluding hydrogens is 240 g/mol. The van der Waals surface area contributed by atoms with Crippen LogP contribution in [0.4, 0.5) is 0 Å². The molecule has 94 valence electrons. The average molecular weight is 256 g/mol. The summed E-state index contributed by atoms with van der Waals surface area (Å²) in [5, 5.41) is 13.2. The minimum Gasteiger partial charge on any atom is -0.481 e. The van der Waals surface area contributed by atoms with Gasteiger partial charge in [0, 0.05) is 11.4 Å². The summed E-state index contributed by atoms with van der Waals surface area (Å²) in [6.07, 6.45) is 0.476. The molecule has 1 rings (SSSR count). The largest absolute Gasteiger partial charge is 0.481 e. The quantitative estimate of drug-likeness (QED) is 0.707. The van der Waals surface area contributed by atoms with Crippen LogP contribution in [0.1, 0.15) is 24.3 Å². The Kier molecular flexibility index (Phi) is 5.11. The van der Waals surface area contributed by atoms with E-state index in [1.807, 2.05) is 11.4 Å². The number of hydrogen-bond donors (Lipinski definition) is 3. The molecule has 1 amide bonds. The summed E-state index contributed by atoms with van der Waals surface area (Å²) in [6, 6.07) is 2.88. The molecule has 2 atom stereocenters. The van der Waals surface area contributed by atoms with Crippen molar-refractivity contribution in [3.63, 3.8) is 0 Å². The minimum atomic E-state index is -0.905. The number of nitrogens with one attached hydrogen (secondary N) is 1. The van der Waals surface area contributed by atoms with Crippen molar-refractivity contribution in [1.29, 1.82) is 0 Å². The fourth-order valence-corrected chi connectivity index (χ4v) is 2.06. The van der Waals surface area contributed by atoms with Crippen molar-refractivity contribution < 1.29 is 14.7 Å². The number of carbonyl (C=O) groups is 2. The highest BCUT2D eigenvalue weighted by molar-refractivity contribution is 7.10. The minimum absolute atomic E-state index is 0.115. The third-order valence-corrected chi connectivity index (χ3v) is 3.45. The van der Waals surface area contributed by atoms with Crippen molar-refractivity contribution in [2.45, 2.75) is 19.4 Å². The van der Waals surface area contributed by atoms with E-state index >= 15 is 0 Å². The SMILES string of the molecule is CCC(CNC(=O)C(N)c1cccs1)C(=O)O. The van der Waals surface area contributed by atoms with E-state index in [4.69, 9.17) is 10.8 Å². The highest BCUT2D eigenvalue weighted by Crippen LogP contribution is 2.16. The van der Waals surface area contributed by atoms with E-state index in [0.717, 1.165) is 4.88 Å². The molecule has 1 aromatic rings. The van der Waals surface area contributed by atoms with E-state index in [-0.39, 0.29) is 12.5 Å². The Morgan fingerprint density at radius 1 is 1.59 bits per heavy atom. The number of thiophene rings is 1. The maximum Gasteiger partial charge on any atom is 0.308 e. The number of carboxylic acids is 1. The van der Waals surface area contributed by atoms with Crippen LogP contribution in [-0.2, 0) is 9.59 Å². The lowest BCUT2D eigenvalue weighted by Crippen LogP contribution is -2.38. The van der Waals surface area contributed by atoms with Gasteiger partial charge in [0.15, 0.2) is 0 Å². The highest BCUT2D eigenvalue weighted by Gasteiger charge is 2.20. The molecule has 6 heteroatoms. The van der Waals surface area contributed by atoms with Crippen molar-refractivity contribution in [1.82, 2.24) is 5.32 Å². The Balaban J connectivity index is 2.47. The second kappa shape index (κ2) is 6.36. The zero-order valence-electron chi connectivity index (χ0n) is 9.55. The highest BCUT2D eigenvalue weighted by atomic mass is 32.1. The van der Waals surface area contributed by atoms with E-state index in [1.165, 1.54) is 11.3 Å². The molecule has 0 saturated carbocycles. The third-order valence-electron chi connectivity index (χ3n) is 2.50. The second-order valence-electron chi connectivity index (χ2n) is 3.68. The van der Waals surface area contributed by atoms with E-state index < -0.39 is 17.9 Å². The van der Waals surface area contributed by atoms with E-state index in [1.54, 1.807) is 13.0 Å². The standard InChI is InChI=1S/C11H16N2O3S/c1-2-7(11(15)16)6-13-10(14)9(12)8-4-3-5-17-8/h3-5,7,9H,2,6,12H2,1H3,(H,13,14)(H,15,16). The molecule has 17 heavy (non-hydrogen) atoms. The summed E-state index contributed by atoms with van der Waals surface area (Å²) in [5.41, 5.74) is 5.74. The molecule has 0 fully saturated rings. The van der Waals surface area contributed by atoms with Gasteiger partial charge in [-0.2, -0.15) is 0 Å². The number of hydrogen-bond acceptors (Lipinski definition) is 4. The first kappa shape index (κ1) is 13.7. The Morgan fingerprint density at radius 2 is 2.29 bits per heavy atom. The van der Waals surface area contributed by atoms with Crippen LogP contribution in [0.15, 0.2) is 17.5 Å². The van der Waals surface area contributed by atoms with Gasteiger partial charge in [-0.3, -0.25) is 9.59 Å². The first-order valence-electron chi connectivity index (χ1n) is 5.35. The van der Waals surface area contributed by atoms with Crippen LogP contribution in [-0.4, -0.2) is 23.5 Å². The number of aliphatic carboxylic acids is 1. The van der Waals surface area contributed by atoms with Crippen LogP contribution in [0, 0.1) is 5.92 Å². The van der Waals surface area contributed by atoms with Crippen LogP contribution < -0.4 is 11.1 Å².